The second kappa shape index (κ2) is 29.3. The molecule has 0 spiro atoms. The molecule has 1 unspecified atom stereocenters. The number of unbranched alkanes of at least 4 members (excludes halogenated alkanes) is 1. The number of aliphatic hydroxyl groups is 1. The summed E-state index contributed by atoms with van der Waals surface area (Å²) >= 11 is 1.45. The molecule has 398 valence electrons. The Morgan fingerprint density at radius 2 is 1.36 bits per heavy atom. The fraction of sp³-hybridized carbons (Fsp3) is 0.351. The Morgan fingerprint density at radius 1 is 0.720 bits per heavy atom. The van der Waals surface area contributed by atoms with Crippen LogP contribution in [0.15, 0.2) is 134 Å². The van der Waals surface area contributed by atoms with Crippen LogP contribution in [0.1, 0.15) is 84.4 Å². The van der Waals surface area contributed by atoms with Crippen molar-refractivity contribution in [2.75, 3.05) is 57.8 Å². The molecule has 1 heterocycles. The highest BCUT2D eigenvalue weighted by Gasteiger charge is 2.33. The predicted molar refractivity (Wildman–Crippen MR) is 285 cm³/mol. The smallest absolute Gasteiger partial charge is 0.338 e. The van der Waals surface area contributed by atoms with Crippen LogP contribution in [0, 0.1) is 0 Å². The third-order valence-electron chi connectivity index (χ3n) is 10.8. The number of nitrogens with zero attached hydrogens (tertiary/aromatic N) is 3. The molecule has 0 radical (unpaired) electrons. The zero-order valence-corrected chi connectivity index (χ0v) is 43.7. The molecule has 75 heavy (non-hydrogen) atoms. The van der Waals surface area contributed by atoms with Gasteiger partial charge in [0.15, 0.2) is 6.10 Å². The van der Waals surface area contributed by atoms with Gasteiger partial charge in [0.1, 0.15) is 29.3 Å². The number of fused-ring (bicyclic) bond motifs is 1. The SMILES string of the molecule is C=CC(=O)OCCCCOCC(COc1ccc(C(=O)OCCc2ccc(CCOC(=O)c3ccc(OC(C)(C)CC(C)(C)OC(=O)C=C)cc3)cc2/C=N/N(CCO)c2nc3ccccc3s2)cc1)OC(=O)C=C. The summed E-state index contributed by atoms with van der Waals surface area (Å²) in [5.74, 6) is -1.75. The molecule has 0 aliphatic carbocycles. The van der Waals surface area contributed by atoms with Crippen molar-refractivity contribution in [2.45, 2.75) is 77.1 Å². The van der Waals surface area contributed by atoms with E-state index >= 15 is 0 Å². The average molecular weight is 1050 g/mol. The van der Waals surface area contributed by atoms with E-state index in [-0.39, 0.29) is 46.2 Å². The molecule has 18 heteroatoms. The van der Waals surface area contributed by atoms with E-state index in [4.69, 9.17) is 48.0 Å². The Labute approximate surface area is 441 Å². The number of thiazole rings is 1. The van der Waals surface area contributed by atoms with Gasteiger partial charge in [0.05, 0.1) is 67.1 Å². The normalized spacial score (nSPS) is 11.8. The van der Waals surface area contributed by atoms with Crippen LogP contribution in [0.2, 0.25) is 0 Å². The lowest BCUT2D eigenvalue weighted by Gasteiger charge is -2.34. The van der Waals surface area contributed by atoms with Gasteiger partial charge in [-0.1, -0.05) is 55.3 Å². The highest BCUT2D eigenvalue weighted by Crippen LogP contribution is 2.30. The summed E-state index contributed by atoms with van der Waals surface area (Å²) in [5.41, 5.74) is 2.33. The highest BCUT2D eigenvalue weighted by atomic mass is 32.1. The van der Waals surface area contributed by atoms with E-state index in [1.54, 1.807) is 73.6 Å². The van der Waals surface area contributed by atoms with Crippen molar-refractivity contribution >= 4 is 62.7 Å². The number of carbonyl (C=O) groups excluding carboxylic acids is 5. The lowest BCUT2D eigenvalue weighted by atomic mass is 9.92. The summed E-state index contributed by atoms with van der Waals surface area (Å²) in [7, 11) is 0. The van der Waals surface area contributed by atoms with Crippen LogP contribution in [0.3, 0.4) is 0 Å². The van der Waals surface area contributed by atoms with E-state index in [2.05, 4.69) is 19.7 Å². The predicted octanol–water partition coefficient (Wildman–Crippen LogP) is 8.99. The molecule has 0 saturated heterocycles. The fourth-order valence-corrected chi connectivity index (χ4v) is 8.53. The number of hydrogen-bond acceptors (Lipinski definition) is 18. The lowest BCUT2D eigenvalue weighted by Crippen LogP contribution is -2.40. The molecule has 0 saturated carbocycles. The molecule has 0 fully saturated rings. The first-order valence-corrected chi connectivity index (χ1v) is 25.1. The largest absolute Gasteiger partial charge is 0.490 e. The summed E-state index contributed by atoms with van der Waals surface area (Å²) < 4.78 is 45.9. The molecular formula is C57H65N3O14S. The van der Waals surface area contributed by atoms with Gasteiger partial charge >= 0.3 is 29.8 Å². The number of ether oxygens (including phenoxy) is 8. The van der Waals surface area contributed by atoms with Gasteiger partial charge in [0.2, 0.25) is 5.13 Å². The highest BCUT2D eigenvalue weighted by molar-refractivity contribution is 7.22. The maximum atomic E-state index is 13.2. The maximum absolute atomic E-state index is 13.2. The van der Waals surface area contributed by atoms with E-state index in [0.29, 0.717) is 66.5 Å². The zero-order chi connectivity index (χ0) is 54.2. The fourth-order valence-electron chi connectivity index (χ4n) is 7.58. The minimum absolute atomic E-state index is 0.0290. The van der Waals surface area contributed by atoms with E-state index < -0.39 is 47.2 Å². The van der Waals surface area contributed by atoms with Crippen LogP contribution in [0.5, 0.6) is 11.5 Å². The number of esters is 5. The van der Waals surface area contributed by atoms with Crippen LogP contribution < -0.4 is 14.5 Å². The number of aliphatic hydroxyl groups excluding tert-OH is 1. The standard InChI is InChI=1S/C57H65N3O14S/c1-8-50(62)68-32-14-13-31-67-37-47(72-51(63)9-2)38-71-45-23-19-42(20-24-45)54(66)70-34-28-41-18-17-40(35-44(41)36-58-60(29-30-61)55-59-48-15-11-12-16-49(48)75-55)27-33-69-53(65)43-21-25-46(26-22-43)73-56(4,5)39-57(6,7)74-52(64)10-3/h8-12,15-26,35-36,47,61H,1-3,13-14,27-34,37-39H2,4-7H3/b58-36+. The molecular weight excluding hydrogens is 983 g/mol. The molecule has 0 bridgehead atoms. The van der Waals surface area contributed by atoms with Crippen LogP contribution in [-0.2, 0) is 55.6 Å². The van der Waals surface area contributed by atoms with E-state index in [1.807, 2.05) is 56.3 Å². The summed E-state index contributed by atoms with van der Waals surface area (Å²) in [6, 6.07) is 26.4. The van der Waals surface area contributed by atoms with E-state index in [1.165, 1.54) is 11.3 Å². The third-order valence-corrected chi connectivity index (χ3v) is 11.9. The summed E-state index contributed by atoms with van der Waals surface area (Å²) in [6.45, 7) is 18.4. The molecule has 0 aliphatic heterocycles. The third kappa shape index (κ3) is 19.9. The molecule has 1 aromatic heterocycles. The monoisotopic (exact) mass is 1050 g/mol. The van der Waals surface area contributed by atoms with E-state index in [9.17, 15) is 29.1 Å². The van der Waals surface area contributed by atoms with Crippen LogP contribution in [-0.4, -0.2) is 116 Å². The zero-order valence-electron chi connectivity index (χ0n) is 42.9. The number of para-hydroxylation sites is 1. The quantitative estimate of drug-likeness (QED) is 0.0106. The molecule has 1 atom stereocenters. The topological polar surface area (TPSA) is 208 Å². The molecule has 17 nitrogen and oxygen atoms in total. The van der Waals surface area contributed by atoms with Gasteiger partial charge in [0.25, 0.3) is 0 Å². The minimum Gasteiger partial charge on any atom is -0.490 e. The first-order chi connectivity index (χ1) is 36.0. The summed E-state index contributed by atoms with van der Waals surface area (Å²) in [4.78, 5) is 66.0. The molecule has 5 aromatic rings. The Bertz CT molecular complexity index is 2720. The second-order valence-electron chi connectivity index (χ2n) is 18.1. The van der Waals surface area contributed by atoms with Crippen LogP contribution in [0.25, 0.3) is 10.2 Å². The van der Waals surface area contributed by atoms with Crippen molar-refractivity contribution in [3.8, 4) is 11.5 Å². The molecule has 1 N–H and O–H groups in total. The first-order valence-electron chi connectivity index (χ1n) is 24.3. The number of benzene rings is 4. The minimum atomic E-state index is -0.805. The van der Waals surface area contributed by atoms with Crippen molar-refractivity contribution < 1.29 is 67.0 Å². The molecule has 0 aliphatic rings. The second-order valence-corrected chi connectivity index (χ2v) is 19.1. The van der Waals surface area contributed by atoms with Gasteiger partial charge < -0.3 is 43.0 Å². The van der Waals surface area contributed by atoms with Crippen molar-refractivity contribution in [2.24, 2.45) is 5.10 Å². The molecule has 0 amide bonds. The molecule has 5 rings (SSSR count). The Morgan fingerprint density at radius 3 is 2.01 bits per heavy atom. The maximum Gasteiger partial charge on any atom is 0.338 e. The Kier molecular flexibility index (Phi) is 22.7. The van der Waals surface area contributed by atoms with Gasteiger partial charge in [-0.25, -0.2) is 34.0 Å². The van der Waals surface area contributed by atoms with Gasteiger partial charge in [-0.3, -0.25) is 0 Å². The van der Waals surface area contributed by atoms with Gasteiger partial charge in [-0.2, -0.15) is 5.10 Å². The Hall–Kier alpha value is -7.67. The number of aromatic nitrogens is 1. The van der Waals surface area contributed by atoms with Gasteiger partial charge in [-0.05, 0) is 124 Å². The van der Waals surface area contributed by atoms with Gasteiger partial charge in [0, 0.05) is 44.1 Å². The van der Waals surface area contributed by atoms with Crippen LogP contribution >= 0.6 is 11.3 Å². The number of carbonyl (C=O) groups is 5. The van der Waals surface area contributed by atoms with Crippen LogP contribution in [0.4, 0.5) is 5.13 Å². The number of hydrogen-bond donors (Lipinski definition) is 1. The lowest BCUT2D eigenvalue weighted by molar-refractivity contribution is -0.154. The number of hydrazone groups is 1. The first kappa shape index (κ1) is 58.2. The van der Waals surface area contributed by atoms with Crippen molar-refractivity contribution in [3.05, 3.63) is 157 Å². The van der Waals surface area contributed by atoms with Gasteiger partial charge in [-0.15, -0.1) is 0 Å². The van der Waals surface area contributed by atoms with Crippen molar-refractivity contribution in [1.82, 2.24) is 4.98 Å². The number of rotatable bonds is 32. The number of anilines is 1. The van der Waals surface area contributed by atoms with Crippen molar-refractivity contribution in [3.63, 3.8) is 0 Å². The van der Waals surface area contributed by atoms with Crippen molar-refractivity contribution in [1.29, 1.82) is 0 Å². The molecule has 4 aromatic carbocycles. The average Bonchev–Trinajstić information content (AvgIpc) is 3.83. The Balaban J connectivity index is 1.19. The summed E-state index contributed by atoms with van der Waals surface area (Å²) in [6.07, 6.45) is 6.50. The summed E-state index contributed by atoms with van der Waals surface area (Å²) in [5, 5.41) is 16.9. The van der Waals surface area contributed by atoms with E-state index in [0.717, 1.165) is 45.1 Å².